The third-order valence-corrected chi connectivity index (χ3v) is 3.86. The molecule has 1 rings (SSSR count). The molecule has 1 N–H and O–H groups in total. The molecule has 1 unspecified atom stereocenters. The third-order valence-electron chi connectivity index (χ3n) is 3.64. The largest absolute Gasteiger partial charge is 0.350 e. The molecule has 0 fully saturated rings. The summed E-state index contributed by atoms with van der Waals surface area (Å²) < 4.78 is 0.840. The van der Waals surface area contributed by atoms with E-state index in [4.69, 9.17) is 12.2 Å². The maximum atomic E-state index is 5.25. The second kappa shape index (κ2) is 5.13. The molecule has 1 aromatic rings. The molecule has 0 aromatic carbocycles. The van der Waals surface area contributed by atoms with E-state index < -0.39 is 0 Å². The van der Waals surface area contributed by atoms with Gasteiger partial charge in [0.2, 0.25) is 0 Å². The fraction of sp³-hybridized carbons (Fsp3) is 0.643. The first-order valence-electron chi connectivity index (χ1n) is 6.09. The number of pyridine rings is 1. The van der Waals surface area contributed by atoms with Gasteiger partial charge in [-0.1, -0.05) is 52.8 Å². The van der Waals surface area contributed by atoms with Gasteiger partial charge in [-0.3, -0.25) is 0 Å². The Labute approximate surface area is 104 Å². The van der Waals surface area contributed by atoms with Crippen LogP contribution < -0.4 is 0 Å². The van der Waals surface area contributed by atoms with Gasteiger partial charge < -0.3 is 4.98 Å². The Hall–Kier alpha value is -0.630. The molecule has 0 spiro atoms. The van der Waals surface area contributed by atoms with Crippen molar-refractivity contribution < 1.29 is 0 Å². The summed E-state index contributed by atoms with van der Waals surface area (Å²) in [7, 11) is 0. The zero-order valence-electron chi connectivity index (χ0n) is 11.1. The number of aromatic nitrogens is 1. The van der Waals surface area contributed by atoms with Gasteiger partial charge in [-0.2, -0.15) is 0 Å². The number of H-pyrrole nitrogens is 1. The van der Waals surface area contributed by atoms with E-state index >= 15 is 0 Å². The summed E-state index contributed by atoms with van der Waals surface area (Å²) in [5.41, 5.74) is 2.67. The lowest BCUT2D eigenvalue weighted by Gasteiger charge is -2.32. The number of aromatic amines is 1. The van der Waals surface area contributed by atoms with Crippen LogP contribution in [0.5, 0.6) is 0 Å². The molecule has 0 radical (unpaired) electrons. The van der Waals surface area contributed by atoms with Gasteiger partial charge in [-0.25, -0.2) is 0 Å². The zero-order valence-corrected chi connectivity index (χ0v) is 11.9. The maximum absolute atomic E-state index is 5.25. The van der Waals surface area contributed by atoms with Gasteiger partial charge in [0.05, 0.1) is 0 Å². The van der Waals surface area contributed by atoms with Gasteiger partial charge in [-0.05, 0) is 30.5 Å². The molecule has 1 heterocycles. The Morgan fingerprint density at radius 2 is 2.00 bits per heavy atom. The van der Waals surface area contributed by atoms with E-state index in [-0.39, 0.29) is 5.41 Å². The minimum Gasteiger partial charge on any atom is -0.350 e. The van der Waals surface area contributed by atoms with Crippen molar-refractivity contribution in [2.24, 2.45) is 5.92 Å². The first-order valence-corrected chi connectivity index (χ1v) is 6.50. The average molecular weight is 237 g/mol. The summed E-state index contributed by atoms with van der Waals surface area (Å²) in [6.07, 6.45) is 2.48. The van der Waals surface area contributed by atoms with E-state index in [9.17, 15) is 0 Å². The van der Waals surface area contributed by atoms with Crippen molar-refractivity contribution in [2.75, 3.05) is 0 Å². The fourth-order valence-corrected chi connectivity index (χ4v) is 2.38. The Bertz CT molecular complexity index is 403. The summed E-state index contributed by atoms with van der Waals surface area (Å²) in [5.74, 6) is 0.657. The molecular formula is C14H23NS. The van der Waals surface area contributed by atoms with Gasteiger partial charge in [-0.15, -0.1) is 0 Å². The van der Waals surface area contributed by atoms with Crippen molar-refractivity contribution in [1.82, 2.24) is 4.98 Å². The predicted octanol–water partition coefficient (Wildman–Crippen LogP) is 4.77. The lowest BCUT2D eigenvalue weighted by atomic mass is 9.74. The Balaban J connectivity index is 3.10. The molecule has 16 heavy (non-hydrogen) atoms. The maximum Gasteiger partial charge on any atom is 0.103 e. The lowest BCUT2D eigenvalue weighted by molar-refractivity contribution is 0.314. The van der Waals surface area contributed by atoms with E-state index in [0.717, 1.165) is 4.64 Å². The molecule has 0 bridgehead atoms. The summed E-state index contributed by atoms with van der Waals surface area (Å²) in [4.78, 5) is 3.34. The van der Waals surface area contributed by atoms with E-state index in [2.05, 4.69) is 45.7 Å². The monoisotopic (exact) mass is 237 g/mol. The van der Waals surface area contributed by atoms with E-state index in [1.165, 1.54) is 24.1 Å². The van der Waals surface area contributed by atoms with Crippen LogP contribution in [0.25, 0.3) is 0 Å². The molecule has 1 aromatic heterocycles. The minimum absolute atomic E-state index is 0.162. The van der Waals surface area contributed by atoms with Crippen molar-refractivity contribution in [2.45, 2.75) is 52.9 Å². The van der Waals surface area contributed by atoms with Crippen LogP contribution in [0.2, 0.25) is 0 Å². The van der Waals surface area contributed by atoms with Gasteiger partial charge in [0.1, 0.15) is 4.64 Å². The number of hydrogen-bond acceptors (Lipinski definition) is 1. The van der Waals surface area contributed by atoms with Crippen molar-refractivity contribution in [3.05, 3.63) is 28.0 Å². The summed E-state index contributed by atoms with van der Waals surface area (Å²) in [6.45, 7) is 11.3. The van der Waals surface area contributed by atoms with Gasteiger partial charge in [0.25, 0.3) is 0 Å². The summed E-state index contributed by atoms with van der Waals surface area (Å²) >= 11 is 5.25. The van der Waals surface area contributed by atoms with Crippen LogP contribution in [0.3, 0.4) is 0 Å². The molecule has 0 aliphatic rings. The molecule has 0 aliphatic heterocycles. The molecule has 1 atom stereocenters. The normalized spacial score (nSPS) is 13.8. The smallest absolute Gasteiger partial charge is 0.103 e. The van der Waals surface area contributed by atoms with E-state index in [0.29, 0.717) is 5.92 Å². The topological polar surface area (TPSA) is 15.8 Å². The number of aryl methyl sites for hydroxylation is 1. The Kier molecular flexibility index (Phi) is 4.31. The molecular weight excluding hydrogens is 214 g/mol. The molecule has 2 heteroatoms. The quantitative estimate of drug-likeness (QED) is 0.746. The number of nitrogens with one attached hydrogen (secondary N) is 1. The first-order chi connectivity index (χ1) is 7.37. The molecule has 0 saturated heterocycles. The summed E-state index contributed by atoms with van der Waals surface area (Å²) in [5, 5.41) is 0. The van der Waals surface area contributed by atoms with Crippen LogP contribution in [-0.2, 0) is 5.41 Å². The number of rotatable bonds is 4. The van der Waals surface area contributed by atoms with Crippen LogP contribution >= 0.6 is 12.2 Å². The Morgan fingerprint density at radius 1 is 1.38 bits per heavy atom. The Morgan fingerprint density at radius 3 is 2.50 bits per heavy atom. The standard InChI is InChI=1S/C14H23NS/c1-6-7-11(3)14(4,5)12-8-10(2)9-13(16)15-12/h8-9,11H,6-7H2,1-5H3,(H,15,16). The van der Waals surface area contributed by atoms with E-state index in [1.807, 2.05) is 6.07 Å². The van der Waals surface area contributed by atoms with Crippen LogP contribution in [0.1, 0.15) is 51.8 Å². The van der Waals surface area contributed by atoms with Crippen LogP contribution in [0.15, 0.2) is 12.1 Å². The molecule has 0 amide bonds. The van der Waals surface area contributed by atoms with Crippen molar-refractivity contribution in [3.63, 3.8) is 0 Å². The zero-order chi connectivity index (χ0) is 12.3. The van der Waals surface area contributed by atoms with Crippen LogP contribution in [0.4, 0.5) is 0 Å². The van der Waals surface area contributed by atoms with Crippen LogP contribution in [-0.4, -0.2) is 4.98 Å². The van der Waals surface area contributed by atoms with Crippen molar-refractivity contribution in [3.8, 4) is 0 Å². The minimum atomic E-state index is 0.162. The van der Waals surface area contributed by atoms with Crippen LogP contribution in [0, 0.1) is 17.5 Å². The first kappa shape index (κ1) is 13.4. The van der Waals surface area contributed by atoms with Crippen molar-refractivity contribution >= 4 is 12.2 Å². The highest BCUT2D eigenvalue weighted by Crippen LogP contribution is 2.33. The third kappa shape index (κ3) is 2.94. The van der Waals surface area contributed by atoms with E-state index in [1.54, 1.807) is 0 Å². The van der Waals surface area contributed by atoms with Gasteiger partial charge in [0.15, 0.2) is 0 Å². The fourth-order valence-electron chi connectivity index (χ4n) is 2.09. The van der Waals surface area contributed by atoms with Gasteiger partial charge >= 0.3 is 0 Å². The molecule has 0 saturated carbocycles. The number of hydrogen-bond donors (Lipinski definition) is 1. The SMILES string of the molecule is CCCC(C)C(C)(C)c1cc(C)cc(=S)[nH]1. The van der Waals surface area contributed by atoms with Gasteiger partial charge in [0, 0.05) is 11.1 Å². The summed E-state index contributed by atoms with van der Waals surface area (Å²) in [6, 6.07) is 4.24. The molecule has 1 nitrogen and oxygen atoms in total. The lowest BCUT2D eigenvalue weighted by Crippen LogP contribution is -2.27. The second-order valence-electron chi connectivity index (χ2n) is 5.35. The highest BCUT2D eigenvalue weighted by Gasteiger charge is 2.28. The highest BCUT2D eigenvalue weighted by atomic mass is 32.1. The van der Waals surface area contributed by atoms with Crippen molar-refractivity contribution in [1.29, 1.82) is 0 Å². The molecule has 90 valence electrons. The predicted molar refractivity (Wildman–Crippen MR) is 73.5 cm³/mol. The average Bonchev–Trinajstić information content (AvgIpc) is 2.16. The molecule has 0 aliphatic carbocycles. The second-order valence-corrected chi connectivity index (χ2v) is 5.79. The highest BCUT2D eigenvalue weighted by molar-refractivity contribution is 7.71.